The van der Waals surface area contributed by atoms with Gasteiger partial charge in [-0.15, -0.1) is 0 Å². The summed E-state index contributed by atoms with van der Waals surface area (Å²) in [6, 6.07) is 9.01. The Labute approximate surface area is 144 Å². The van der Waals surface area contributed by atoms with Crippen molar-refractivity contribution in [1.82, 2.24) is 5.16 Å². The number of nitrogen functional groups attached to an aromatic ring is 1. The van der Waals surface area contributed by atoms with Crippen molar-refractivity contribution < 1.29 is 4.52 Å². The van der Waals surface area contributed by atoms with Gasteiger partial charge in [0.1, 0.15) is 0 Å². The van der Waals surface area contributed by atoms with E-state index < -0.39 is 0 Å². The zero-order valence-corrected chi connectivity index (χ0v) is 14.6. The lowest BCUT2D eigenvalue weighted by atomic mass is 9.72. The highest BCUT2D eigenvalue weighted by atomic mass is 16.5. The summed E-state index contributed by atoms with van der Waals surface area (Å²) in [4.78, 5) is 0. The molecule has 2 aromatic rings. The SMILES string of the molecule is Cc1ccc(C2Cc3c(noc3N)C(CC3CCCCC3)C2)cc1. The minimum Gasteiger partial charge on any atom is -0.367 e. The van der Waals surface area contributed by atoms with E-state index in [1.165, 1.54) is 61.6 Å². The van der Waals surface area contributed by atoms with E-state index in [1.54, 1.807) is 0 Å². The van der Waals surface area contributed by atoms with Gasteiger partial charge in [0.15, 0.2) is 0 Å². The summed E-state index contributed by atoms with van der Waals surface area (Å²) in [5.41, 5.74) is 11.2. The third-order valence-corrected chi connectivity index (χ3v) is 6.15. The summed E-state index contributed by atoms with van der Waals surface area (Å²) < 4.78 is 5.37. The molecular formula is C21H28N2O. The second-order valence-electron chi connectivity index (χ2n) is 7.89. The van der Waals surface area contributed by atoms with E-state index in [1.807, 2.05) is 0 Å². The molecule has 1 fully saturated rings. The normalized spacial score (nSPS) is 24.7. The van der Waals surface area contributed by atoms with Crippen LogP contribution in [-0.2, 0) is 6.42 Å². The Hall–Kier alpha value is -1.77. The fraction of sp³-hybridized carbons (Fsp3) is 0.571. The highest BCUT2D eigenvalue weighted by Gasteiger charge is 2.34. The first-order valence-corrected chi connectivity index (χ1v) is 9.51. The van der Waals surface area contributed by atoms with Crippen molar-refractivity contribution in [1.29, 1.82) is 0 Å². The number of aryl methyl sites for hydroxylation is 1. The maximum absolute atomic E-state index is 6.09. The Morgan fingerprint density at radius 1 is 1.12 bits per heavy atom. The van der Waals surface area contributed by atoms with Crippen molar-refractivity contribution in [3.8, 4) is 0 Å². The second-order valence-corrected chi connectivity index (χ2v) is 7.89. The number of rotatable bonds is 3. The van der Waals surface area contributed by atoms with Gasteiger partial charge in [-0.2, -0.15) is 0 Å². The van der Waals surface area contributed by atoms with Crippen molar-refractivity contribution in [2.45, 2.75) is 70.1 Å². The maximum Gasteiger partial charge on any atom is 0.225 e. The number of nitrogens with two attached hydrogens (primary N) is 1. The molecular weight excluding hydrogens is 296 g/mol. The largest absolute Gasteiger partial charge is 0.367 e. The van der Waals surface area contributed by atoms with Crippen molar-refractivity contribution in [3.05, 3.63) is 46.6 Å². The van der Waals surface area contributed by atoms with Crippen LogP contribution in [0, 0.1) is 12.8 Å². The van der Waals surface area contributed by atoms with Gasteiger partial charge < -0.3 is 10.3 Å². The number of benzene rings is 1. The number of nitrogens with zero attached hydrogens (tertiary/aromatic N) is 1. The molecule has 2 N–H and O–H groups in total. The van der Waals surface area contributed by atoms with Crippen LogP contribution in [0.25, 0.3) is 0 Å². The first-order valence-electron chi connectivity index (χ1n) is 9.51. The van der Waals surface area contributed by atoms with E-state index >= 15 is 0 Å². The minimum atomic E-state index is 0.504. The average molecular weight is 324 g/mol. The predicted molar refractivity (Wildman–Crippen MR) is 97.1 cm³/mol. The quantitative estimate of drug-likeness (QED) is 0.828. The van der Waals surface area contributed by atoms with E-state index in [9.17, 15) is 0 Å². The number of fused-ring (bicyclic) bond motifs is 1. The molecule has 0 aliphatic heterocycles. The van der Waals surface area contributed by atoms with Crippen LogP contribution in [0.5, 0.6) is 0 Å². The standard InChI is InChI=1S/C21H28N2O/c1-14-7-9-16(10-8-14)17-12-18(11-15-5-3-2-4-6-15)20-19(13-17)21(22)24-23-20/h7-10,15,17-18H,2-6,11-13,22H2,1H3. The van der Waals surface area contributed by atoms with E-state index in [4.69, 9.17) is 10.3 Å². The van der Waals surface area contributed by atoms with Gasteiger partial charge in [0.05, 0.1) is 5.69 Å². The smallest absolute Gasteiger partial charge is 0.225 e. The zero-order valence-electron chi connectivity index (χ0n) is 14.6. The molecule has 2 unspecified atom stereocenters. The van der Waals surface area contributed by atoms with E-state index in [-0.39, 0.29) is 0 Å². The highest BCUT2D eigenvalue weighted by Crippen LogP contribution is 2.45. The molecule has 0 radical (unpaired) electrons. The molecule has 3 heteroatoms. The fourth-order valence-electron chi connectivity index (χ4n) is 4.77. The van der Waals surface area contributed by atoms with Gasteiger partial charge in [-0.3, -0.25) is 0 Å². The molecule has 2 aliphatic rings. The molecule has 0 saturated heterocycles. The molecule has 3 nitrogen and oxygen atoms in total. The lowest BCUT2D eigenvalue weighted by Crippen LogP contribution is -2.21. The molecule has 1 heterocycles. The first-order chi connectivity index (χ1) is 11.7. The number of hydrogen-bond acceptors (Lipinski definition) is 3. The van der Waals surface area contributed by atoms with Crippen LogP contribution in [0.4, 0.5) is 5.88 Å². The van der Waals surface area contributed by atoms with E-state index in [0.717, 1.165) is 18.0 Å². The van der Waals surface area contributed by atoms with Crippen LogP contribution in [0.2, 0.25) is 0 Å². The summed E-state index contributed by atoms with van der Waals surface area (Å²) in [6.45, 7) is 2.15. The topological polar surface area (TPSA) is 52.0 Å². The van der Waals surface area contributed by atoms with Gasteiger partial charge in [0.2, 0.25) is 5.88 Å². The van der Waals surface area contributed by atoms with Crippen LogP contribution in [-0.4, -0.2) is 5.16 Å². The Bertz CT molecular complexity index is 682. The molecule has 1 saturated carbocycles. The summed E-state index contributed by atoms with van der Waals surface area (Å²) in [7, 11) is 0. The number of hydrogen-bond donors (Lipinski definition) is 1. The molecule has 0 bridgehead atoms. The van der Waals surface area contributed by atoms with Crippen LogP contribution in [0.3, 0.4) is 0 Å². The van der Waals surface area contributed by atoms with Crippen molar-refractivity contribution in [2.75, 3.05) is 5.73 Å². The Balaban J connectivity index is 1.59. The van der Waals surface area contributed by atoms with Gasteiger partial charge in [0, 0.05) is 11.5 Å². The average Bonchev–Trinajstić information content (AvgIpc) is 2.98. The van der Waals surface area contributed by atoms with E-state index in [2.05, 4.69) is 36.3 Å². The lowest BCUT2D eigenvalue weighted by molar-refractivity contribution is 0.294. The molecule has 2 aliphatic carbocycles. The molecule has 1 aromatic carbocycles. The molecule has 4 rings (SSSR count). The highest BCUT2D eigenvalue weighted by molar-refractivity contribution is 5.44. The third-order valence-electron chi connectivity index (χ3n) is 6.15. The van der Waals surface area contributed by atoms with Crippen molar-refractivity contribution in [2.24, 2.45) is 5.92 Å². The molecule has 128 valence electrons. The zero-order chi connectivity index (χ0) is 16.5. The minimum absolute atomic E-state index is 0.504. The Kier molecular flexibility index (Phi) is 4.34. The third kappa shape index (κ3) is 3.09. The van der Waals surface area contributed by atoms with Crippen molar-refractivity contribution in [3.63, 3.8) is 0 Å². The molecule has 24 heavy (non-hydrogen) atoms. The van der Waals surface area contributed by atoms with Crippen molar-refractivity contribution >= 4 is 5.88 Å². The van der Waals surface area contributed by atoms with Crippen LogP contribution < -0.4 is 5.73 Å². The first kappa shape index (κ1) is 15.7. The molecule has 1 aromatic heterocycles. The summed E-state index contributed by atoms with van der Waals surface area (Å²) in [6.07, 6.45) is 10.4. The number of anilines is 1. The van der Waals surface area contributed by atoms with Gasteiger partial charge in [-0.25, -0.2) is 0 Å². The van der Waals surface area contributed by atoms with Crippen LogP contribution in [0.1, 0.15) is 79.2 Å². The van der Waals surface area contributed by atoms with Crippen LogP contribution in [0.15, 0.2) is 28.8 Å². The summed E-state index contributed by atoms with van der Waals surface area (Å²) in [5, 5.41) is 4.35. The molecule has 0 amide bonds. The number of aromatic nitrogens is 1. The van der Waals surface area contributed by atoms with Gasteiger partial charge >= 0.3 is 0 Å². The lowest BCUT2D eigenvalue weighted by Gasteiger charge is -2.32. The Morgan fingerprint density at radius 2 is 1.88 bits per heavy atom. The predicted octanol–water partition coefficient (Wildman–Crippen LogP) is 5.35. The molecule has 2 atom stereocenters. The Morgan fingerprint density at radius 3 is 2.62 bits per heavy atom. The van der Waals surface area contributed by atoms with Gasteiger partial charge in [-0.05, 0) is 43.6 Å². The second kappa shape index (κ2) is 6.62. The molecule has 0 spiro atoms. The monoisotopic (exact) mass is 324 g/mol. The van der Waals surface area contributed by atoms with E-state index in [0.29, 0.717) is 17.7 Å². The summed E-state index contributed by atoms with van der Waals surface area (Å²) in [5.74, 6) is 2.43. The fourth-order valence-corrected chi connectivity index (χ4v) is 4.77. The van der Waals surface area contributed by atoms with Crippen LogP contribution >= 0.6 is 0 Å². The summed E-state index contributed by atoms with van der Waals surface area (Å²) >= 11 is 0. The maximum atomic E-state index is 6.09. The van der Waals surface area contributed by atoms with Gasteiger partial charge in [0.25, 0.3) is 0 Å². The van der Waals surface area contributed by atoms with Gasteiger partial charge in [-0.1, -0.05) is 67.1 Å².